The number of nitrogens with zero attached hydrogens (tertiary/aromatic N) is 2. The van der Waals surface area contributed by atoms with Gasteiger partial charge in [-0.05, 0) is 12.0 Å². The first-order valence-electron chi connectivity index (χ1n) is 8.45. The van der Waals surface area contributed by atoms with Crippen LogP contribution in [0.4, 0.5) is 9.93 Å². The molecule has 1 atom stereocenters. The smallest absolute Gasteiger partial charge is 0.349 e. The van der Waals surface area contributed by atoms with Gasteiger partial charge in [0.15, 0.2) is 5.13 Å². The van der Waals surface area contributed by atoms with Crippen molar-refractivity contribution in [3.05, 3.63) is 47.0 Å². The number of hydrogen-bond donors (Lipinski definition) is 2. The maximum absolute atomic E-state index is 13.0. The van der Waals surface area contributed by atoms with Crippen molar-refractivity contribution in [1.82, 2.24) is 15.2 Å². The third kappa shape index (κ3) is 3.46. The second kappa shape index (κ2) is 7.77. The number of anilines is 1. The summed E-state index contributed by atoms with van der Waals surface area (Å²) in [6, 6.07) is 8.26. The predicted molar refractivity (Wildman–Crippen MR) is 101 cm³/mol. The number of benzene rings is 1. The van der Waals surface area contributed by atoms with E-state index >= 15 is 0 Å². The summed E-state index contributed by atoms with van der Waals surface area (Å²) in [5, 5.41) is 5.36. The molecule has 4 amide bonds. The van der Waals surface area contributed by atoms with E-state index in [1.54, 1.807) is 31.2 Å². The summed E-state index contributed by atoms with van der Waals surface area (Å²) in [5.41, 5.74) is -0.542. The van der Waals surface area contributed by atoms with Gasteiger partial charge < -0.3 is 15.4 Å². The van der Waals surface area contributed by atoms with Crippen molar-refractivity contribution in [1.29, 1.82) is 0 Å². The number of ether oxygens (including phenoxy) is 1. The molecule has 2 N–H and O–H groups in total. The topological polar surface area (TPSA) is 118 Å². The van der Waals surface area contributed by atoms with Crippen molar-refractivity contribution in [2.24, 2.45) is 0 Å². The van der Waals surface area contributed by atoms with Crippen LogP contribution < -0.4 is 10.6 Å². The first kappa shape index (κ1) is 19.5. The number of hydrogen-bond acceptors (Lipinski definition) is 7. The van der Waals surface area contributed by atoms with E-state index in [0.717, 1.165) is 16.2 Å². The molecule has 0 saturated carbocycles. The fraction of sp³-hybridized carbons (Fsp3) is 0.278. The molecular formula is C18H18N4O5S. The molecule has 1 fully saturated rings. The average molecular weight is 402 g/mol. The van der Waals surface area contributed by atoms with Gasteiger partial charge in [0.05, 0.1) is 13.3 Å². The number of urea groups is 1. The third-order valence-electron chi connectivity index (χ3n) is 4.41. The van der Waals surface area contributed by atoms with Gasteiger partial charge in [-0.2, -0.15) is 0 Å². The van der Waals surface area contributed by atoms with Crippen molar-refractivity contribution in [2.45, 2.75) is 18.9 Å². The maximum Gasteiger partial charge on any atom is 0.349 e. The summed E-state index contributed by atoms with van der Waals surface area (Å²) in [6.45, 7) is 1.32. The van der Waals surface area contributed by atoms with Crippen LogP contribution in [0.3, 0.4) is 0 Å². The van der Waals surface area contributed by atoms with Crippen LogP contribution in [0.5, 0.6) is 0 Å². The second-order valence-electron chi connectivity index (χ2n) is 6.02. The Hall–Kier alpha value is -3.27. The number of methoxy groups -OCH3 is 1. The quantitative estimate of drug-likeness (QED) is 0.561. The highest BCUT2D eigenvalue weighted by molar-refractivity contribution is 7.17. The molecule has 1 saturated heterocycles. The van der Waals surface area contributed by atoms with Gasteiger partial charge in [0.2, 0.25) is 5.91 Å². The zero-order chi connectivity index (χ0) is 20.3. The van der Waals surface area contributed by atoms with E-state index in [4.69, 9.17) is 0 Å². The summed E-state index contributed by atoms with van der Waals surface area (Å²) in [5.74, 6) is -1.66. The van der Waals surface area contributed by atoms with Crippen LogP contribution >= 0.6 is 11.3 Å². The van der Waals surface area contributed by atoms with E-state index < -0.39 is 35.9 Å². The standard InChI is InChI=1S/C18H18N4O5S/c1-3-18(11-7-5-4-6-8-11)15(25)22(17(26)21-18)10-13(23)20-16-19-9-12(28-16)14(24)27-2/h4-9H,3,10H2,1-2H3,(H,21,26)(H,19,20,23). The molecule has 0 spiro atoms. The highest BCUT2D eigenvalue weighted by Crippen LogP contribution is 2.32. The molecule has 1 aliphatic rings. The van der Waals surface area contributed by atoms with Crippen LogP contribution in [0, 0.1) is 0 Å². The first-order chi connectivity index (χ1) is 13.4. The minimum Gasteiger partial charge on any atom is -0.465 e. The number of carbonyl (C=O) groups excluding carboxylic acids is 4. The number of imide groups is 1. The van der Waals surface area contributed by atoms with Crippen LogP contribution in [0.25, 0.3) is 0 Å². The highest BCUT2D eigenvalue weighted by atomic mass is 32.1. The summed E-state index contributed by atoms with van der Waals surface area (Å²) in [4.78, 5) is 54.1. The highest BCUT2D eigenvalue weighted by Gasteiger charge is 2.51. The molecule has 28 heavy (non-hydrogen) atoms. The van der Waals surface area contributed by atoms with Gasteiger partial charge in [-0.25, -0.2) is 14.6 Å². The minimum absolute atomic E-state index is 0.169. The molecule has 0 radical (unpaired) electrons. The van der Waals surface area contributed by atoms with Crippen LogP contribution in [0.15, 0.2) is 36.5 Å². The van der Waals surface area contributed by atoms with Crippen LogP contribution in [0.2, 0.25) is 0 Å². The van der Waals surface area contributed by atoms with Gasteiger partial charge >= 0.3 is 12.0 Å². The first-order valence-corrected chi connectivity index (χ1v) is 9.26. The van der Waals surface area contributed by atoms with Gasteiger partial charge in [-0.15, -0.1) is 0 Å². The fourth-order valence-electron chi connectivity index (χ4n) is 2.96. The SMILES string of the molecule is CCC1(c2ccccc2)NC(=O)N(CC(=O)Nc2ncc(C(=O)OC)s2)C1=O. The van der Waals surface area contributed by atoms with Crippen molar-refractivity contribution < 1.29 is 23.9 Å². The lowest BCUT2D eigenvalue weighted by molar-refractivity contribution is -0.134. The Bertz CT molecular complexity index is 929. The fourth-order valence-corrected chi connectivity index (χ4v) is 3.71. The lowest BCUT2D eigenvalue weighted by Gasteiger charge is -2.25. The Morgan fingerprint density at radius 3 is 2.64 bits per heavy atom. The Morgan fingerprint density at radius 2 is 2.00 bits per heavy atom. The van der Waals surface area contributed by atoms with E-state index in [2.05, 4.69) is 20.4 Å². The molecule has 0 bridgehead atoms. The van der Waals surface area contributed by atoms with Crippen molar-refractivity contribution in [2.75, 3.05) is 19.0 Å². The largest absolute Gasteiger partial charge is 0.465 e. The van der Waals surface area contributed by atoms with E-state index in [-0.39, 0.29) is 10.0 Å². The average Bonchev–Trinajstić information content (AvgIpc) is 3.26. The van der Waals surface area contributed by atoms with Gasteiger partial charge in [-0.3, -0.25) is 14.5 Å². The lowest BCUT2D eigenvalue weighted by atomic mass is 9.87. The molecule has 2 heterocycles. The summed E-state index contributed by atoms with van der Waals surface area (Å²) >= 11 is 0.933. The van der Waals surface area contributed by atoms with Crippen LogP contribution in [-0.4, -0.2) is 47.4 Å². The Labute approximate surface area is 164 Å². The lowest BCUT2D eigenvalue weighted by Crippen LogP contribution is -2.44. The van der Waals surface area contributed by atoms with Gasteiger partial charge in [0, 0.05) is 0 Å². The van der Waals surface area contributed by atoms with E-state index in [1.807, 2.05) is 6.07 Å². The number of aromatic nitrogens is 1. The predicted octanol–water partition coefficient (Wildman–Crippen LogP) is 1.73. The zero-order valence-corrected chi connectivity index (χ0v) is 16.0. The molecule has 3 rings (SSSR count). The molecule has 10 heteroatoms. The second-order valence-corrected chi connectivity index (χ2v) is 7.05. The summed E-state index contributed by atoms with van der Waals surface area (Å²) < 4.78 is 4.58. The normalized spacial score (nSPS) is 18.7. The van der Waals surface area contributed by atoms with Crippen molar-refractivity contribution in [3.63, 3.8) is 0 Å². The molecular weight excluding hydrogens is 384 g/mol. The van der Waals surface area contributed by atoms with Crippen LogP contribution in [0.1, 0.15) is 28.6 Å². The monoisotopic (exact) mass is 402 g/mol. The number of thiazole rings is 1. The number of nitrogens with one attached hydrogen (secondary N) is 2. The number of carbonyl (C=O) groups is 4. The molecule has 9 nitrogen and oxygen atoms in total. The van der Waals surface area contributed by atoms with Crippen molar-refractivity contribution in [3.8, 4) is 0 Å². The van der Waals surface area contributed by atoms with Crippen molar-refractivity contribution >= 4 is 40.3 Å². The number of esters is 1. The van der Waals surface area contributed by atoms with Crippen LogP contribution in [-0.2, 0) is 19.9 Å². The van der Waals surface area contributed by atoms with Gasteiger partial charge in [0.1, 0.15) is 17.0 Å². The molecule has 1 aliphatic heterocycles. The van der Waals surface area contributed by atoms with E-state index in [1.165, 1.54) is 13.3 Å². The molecule has 2 aromatic rings. The Morgan fingerprint density at radius 1 is 1.29 bits per heavy atom. The maximum atomic E-state index is 13.0. The molecule has 1 aromatic heterocycles. The minimum atomic E-state index is -1.20. The van der Waals surface area contributed by atoms with E-state index in [9.17, 15) is 19.2 Å². The Balaban J connectivity index is 1.73. The summed E-state index contributed by atoms with van der Waals surface area (Å²) in [6.07, 6.45) is 1.62. The molecule has 146 valence electrons. The number of amides is 4. The Kier molecular flexibility index (Phi) is 5.41. The third-order valence-corrected chi connectivity index (χ3v) is 5.31. The zero-order valence-electron chi connectivity index (χ0n) is 15.2. The molecule has 1 unspecified atom stereocenters. The van der Waals surface area contributed by atoms with E-state index in [0.29, 0.717) is 12.0 Å². The molecule has 0 aliphatic carbocycles. The number of rotatable bonds is 6. The molecule has 1 aromatic carbocycles. The van der Waals surface area contributed by atoms with Gasteiger partial charge in [0.25, 0.3) is 5.91 Å². The summed E-state index contributed by atoms with van der Waals surface area (Å²) in [7, 11) is 1.24. The van der Waals surface area contributed by atoms with Gasteiger partial charge in [-0.1, -0.05) is 48.6 Å².